The molecule has 0 aliphatic rings. The fourth-order valence-electron chi connectivity index (χ4n) is 2.35. The van der Waals surface area contributed by atoms with Gasteiger partial charge in [0.25, 0.3) is 0 Å². The Morgan fingerprint density at radius 3 is 2.26 bits per heavy atom. The number of carbonyl (C=O) groups is 1. The summed E-state index contributed by atoms with van der Waals surface area (Å²) in [5.41, 5.74) is 5.32. The molecule has 0 fully saturated rings. The van der Waals surface area contributed by atoms with Crippen LogP contribution in [-0.4, -0.2) is 5.78 Å². The van der Waals surface area contributed by atoms with Crippen molar-refractivity contribution < 1.29 is 4.79 Å². The number of aryl methyl sites for hydroxylation is 3. The molecule has 0 spiro atoms. The minimum Gasteiger partial charge on any atom is -0.294 e. The molecule has 0 saturated carbocycles. The van der Waals surface area contributed by atoms with Gasteiger partial charge in [-0.15, -0.1) is 0 Å². The molecule has 19 heavy (non-hydrogen) atoms. The molecule has 2 aromatic rings. The number of hydrogen-bond donors (Lipinski definition) is 0. The average Bonchev–Trinajstić information content (AvgIpc) is 2.30. The van der Waals surface area contributed by atoms with E-state index in [4.69, 9.17) is 0 Å². The van der Waals surface area contributed by atoms with E-state index in [-0.39, 0.29) is 5.78 Å². The third-order valence-corrected chi connectivity index (χ3v) is 3.64. The summed E-state index contributed by atoms with van der Waals surface area (Å²) >= 11 is 3.42. The lowest BCUT2D eigenvalue weighted by molar-refractivity contribution is 0.0992. The minimum atomic E-state index is 0.170. The van der Waals surface area contributed by atoms with E-state index < -0.39 is 0 Å². The molecule has 0 atom stereocenters. The number of rotatable bonds is 3. The monoisotopic (exact) mass is 316 g/mol. The number of benzene rings is 2. The Hall–Kier alpha value is -1.41. The smallest absolute Gasteiger partial charge is 0.167 e. The highest BCUT2D eigenvalue weighted by atomic mass is 79.9. The summed E-state index contributed by atoms with van der Waals surface area (Å²) < 4.78 is 0.946. The number of hydrogen-bond acceptors (Lipinski definition) is 1. The Kier molecular flexibility index (Phi) is 4.20. The summed E-state index contributed by atoms with van der Waals surface area (Å²) in [6.07, 6.45) is 0.458. The predicted octanol–water partition coefficient (Wildman–Crippen LogP) is 4.80. The Morgan fingerprint density at radius 1 is 1.00 bits per heavy atom. The lowest BCUT2D eigenvalue weighted by atomic mass is 9.97. The number of halogens is 1. The third-order valence-electron chi connectivity index (χ3n) is 3.15. The van der Waals surface area contributed by atoms with Crippen molar-refractivity contribution in [2.45, 2.75) is 27.2 Å². The van der Waals surface area contributed by atoms with Crippen molar-refractivity contribution in [1.29, 1.82) is 0 Å². The highest BCUT2D eigenvalue weighted by Gasteiger charge is 2.11. The molecule has 0 unspecified atom stereocenters. The van der Waals surface area contributed by atoms with E-state index in [2.05, 4.69) is 48.0 Å². The molecule has 1 nitrogen and oxygen atoms in total. The van der Waals surface area contributed by atoms with E-state index >= 15 is 0 Å². The fraction of sp³-hybridized carbons (Fsp3) is 0.235. The average molecular weight is 317 g/mol. The van der Waals surface area contributed by atoms with E-state index in [9.17, 15) is 4.79 Å². The van der Waals surface area contributed by atoms with Crippen LogP contribution in [0.4, 0.5) is 0 Å². The van der Waals surface area contributed by atoms with Crippen LogP contribution in [0.1, 0.15) is 32.6 Å². The number of carbonyl (C=O) groups excluding carboxylic acids is 1. The second-order valence-electron chi connectivity index (χ2n) is 5.06. The van der Waals surface area contributed by atoms with Crippen LogP contribution in [0.3, 0.4) is 0 Å². The Labute approximate surface area is 122 Å². The first-order valence-corrected chi connectivity index (χ1v) is 7.11. The van der Waals surface area contributed by atoms with Crippen LogP contribution in [0.25, 0.3) is 0 Å². The molecule has 2 rings (SSSR count). The second kappa shape index (κ2) is 5.70. The van der Waals surface area contributed by atoms with Gasteiger partial charge in [0.05, 0.1) is 0 Å². The maximum absolute atomic E-state index is 12.4. The largest absolute Gasteiger partial charge is 0.294 e. The normalized spacial score (nSPS) is 10.5. The molecule has 0 heterocycles. The first-order chi connectivity index (χ1) is 8.95. The fourth-order valence-corrected chi connectivity index (χ4v) is 2.71. The van der Waals surface area contributed by atoms with Gasteiger partial charge in [0.1, 0.15) is 0 Å². The minimum absolute atomic E-state index is 0.170. The van der Waals surface area contributed by atoms with E-state index in [1.165, 1.54) is 11.1 Å². The van der Waals surface area contributed by atoms with Gasteiger partial charge in [-0.05, 0) is 44.0 Å². The van der Waals surface area contributed by atoms with Crippen molar-refractivity contribution in [3.05, 3.63) is 68.7 Å². The molecule has 0 saturated heterocycles. The van der Waals surface area contributed by atoms with Crippen molar-refractivity contribution in [3.63, 3.8) is 0 Å². The number of ketones is 1. The first kappa shape index (κ1) is 14.0. The third kappa shape index (κ3) is 3.54. The van der Waals surface area contributed by atoms with Crippen LogP contribution in [0, 0.1) is 20.8 Å². The molecular weight excluding hydrogens is 300 g/mol. The summed E-state index contributed by atoms with van der Waals surface area (Å²) in [6, 6.07) is 12.1. The van der Waals surface area contributed by atoms with Gasteiger partial charge in [-0.3, -0.25) is 4.79 Å². The van der Waals surface area contributed by atoms with E-state index in [1.807, 2.05) is 25.1 Å². The Morgan fingerprint density at radius 2 is 1.63 bits per heavy atom. The van der Waals surface area contributed by atoms with E-state index in [1.54, 1.807) is 0 Å². The molecule has 2 aromatic carbocycles. The van der Waals surface area contributed by atoms with Gasteiger partial charge < -0.3 is 0 Å². The van der Waals surface area contributed by atoms with Crippen LogP contribution < -0.4 is 0 Å². The molecule has 0 aliphatic heterocycles. The summed E-state index contributed by atoms with van der Waals surface area (Å²) in [7, 11) is 0. The standard InChI is InChI=1S/C17H17BrO/c1-11-6-12(2)8-14(7-11)9-17(19)16-10-15(18)5-4-13(16)3/h4-8,10H,9H2,1-3H3. The predicted molar refractivity (Wildman–Crippen MR) is 82.8 cm³/mol. The van der Waals surface area contributed by atoms with Crippen molar-refractivity contribution >= 4 is 21.7 Å². The Balaban J connectivity index is 2.28. The van der Waals surface area contributed by atoms with Gasteiger partial charge in [0.15, 0.2) is 5.78 Å². The van der Waals surface area contributed by atoms with Gasteiger partial charge in [-0.25, -0.2) is 0 Å². The highest BCUT2D eigenvalue weighted by molar-refractivity contribution is 9.10. The van der Waals surface area contributed by atoms with E-state index in [0.717, 1.165) is 21.2 Å². The summed E-state index contributed by atoms with van der Waals surface area (Å²) in [4.78, 5) is 12.4. The van der Waals surface area contributed by atoms with Crippen molar-refractivity contribution in [2.75, 3.05) is 0 Å². The van der Waals surface area contributed by atoms with Crippen molar-refractivity contribution in [1.82, 2.24) is 0 Å². The SMILES string of the molecule is Cc1cc(C)cc(CC(=O)c2cc(Br)ccc2C)c1. The maximum atomic E-state index is 12.4. The quantitative estimate of drug-likeness (QED) is 0.743. The van der Waals surface area contributed by atoms with Gasteiger partial charge in [0.2, 0.25) is 0 Å². The summed E-state index contributed by atoms with van der Waals surface area (Å²) in [5, 5.41) is 0. The zero-order valence-electron chi connectivity index (χ0n) is 11.5. The molecule has 0 aliphatic carbocycles. The van der Waals surface area contributed by atoms with E-state index in [0.29, 0.717) is 6.42 Å². The first-order valence-electron chi connectivity index (χ1n) is 6.32. The topological polar surface area (TPSA) is 17.1 Å². The van der Waals surface area contributed by atoms with Gasteiger partial charge in [0, 0.05) is 16.5 Å². The molecule has 0 radical (unpaired) electrons. The van der Waals surface area contributed by atoms with Crippen LogP contribution in [0.5, 0.6) is 0 Å². The van der Waals surface area contributed by atoms with Gasteiger partial charge in [-0.1, -0.05) is 51.3 Å². The van der Waals surface area contributed by atoms with Crippen LogP contribution in [0.15, 0.2) is 40.9 Å². The maximum Gasteiger partial charge on any atom is 0.167 e. The van der Waals surface area contributed by atoms with Crippen LogP contribution in [0.2, 0.25) is 0 Å². The second-order valence-corrected chi connectivity index (χ2v) is 5.97. The van der Waals surface area contributed by atoms with Gasteiger partial charge in [-0.2, -0.15) is 0 Å². The molecular formula is C17H17BrO. The van der Waals surface area contributed by atoms with Crippen LogP contribution in [-0.2, 0) is 6.42 Å². The molecule has 0 amide bonds. The van der Waals surface area contributed by atoms with Crippen LogP contribution >= 0.6 is 15.9 Å². The van der Waals surface area contributed by atoms with Crippen molar-refractivity contribution in [2.24, 2.45) is 0 Å². The van der Waals surface area contributed by atoms with Crippen molar-refractivity contribution in [3.8, 4) is 0 Å². The zero-order chi connectivity index (χ0) is 14.0. The lowest BCUT2D eigenvalue weighted by Gasteiger charge is -2.07. The molecule has 98 valence electrons. The number of Topliss-reactive ketones (excluding diaryl/α,β-unsaturated/α-hetero) is 1. The molecule has 0 bridgehead atoms. The Bertz CT molecular complexity index is 609. The summed E-state index contributed by atoms with van der Waals surface area (Å²) in [5.74, 6) is 0.170. The zero-order valence-corrected chi connectivity index (χ0v) is 13.0. The lowest BCUT2D eigenvalue weighted by Crippen LogP contribution is -2.06. The molecule has 0 N–H and O–H groups in total. The molecule has 0 aromatic heterocycles. The molecule has 2 heteroatoms. The van der Waals surface area contributed by atoms with Gasteiger partial charge >= 0.3 is 0 Å². The summed E-state index contributed by atoms with van der Waals surface area (Å²) in [6.45, 7) is 6.10. The highest BCUT2D eigenvalue weighted by Crippen LogP contribution is 2.19.